The predicted molar refractivity (Wildman–Crippen MR) is 74.8 cm³/mol. The van der Waals surface area contributed by atoms with Crippen molar-refractivity contribution in [2.24, 2.45) is 5.41 Å². The summed E-state index contributed by atoms with van der Waals surface area (Å²) in [7, 11) is 0. The second kappa shape index (κ2) is 6.00. The maximum absolute atomic E-state index is 13.6. The Morgan fingerprint density at radius 1 is 1.30 bits per heavy atom. The van der Waals surface area contributed by atoms with Crippen LogP contribution in [0.15, 0.2) is 18.2 Å². The van der Waals surface area contributed by atoms with Gasteiger partial charge in [-0.05, 0) is 49.4 Å². The van der Waals surface area contributed by atoms with E-state index >= 15 is 0 Å². The van der Waals surface area contributed by atoms with Gasteiger partial charge in [0, 0.05) is 6.54 Å². The molecule has 1 aromatic carbocycles. The van der Waals surface area contributed by atoms with E-state index < -0.39 is 11.6 Å². The fourth-order valence-electron chi connectivity index (χ4n) is 2.99. The minimum atomic E-state index is -0.646. The number of halogens is 2. The molecule has 1 fully saturated rings. The van der Waals surface area contributed by atoms with Gasteiger partial charge in [0.25, 0.3) is 0 Å². The highest BCUT2D eigenvalue weighted by molar-refractivity contribution is 5.97. The Hall–Kier alpha value is -1.29. The van der Waals surface area contributed by atoms with Crippen molar-refractivity contribution >= 4 is 5.78 Å². The van der Waals surface area contributed by atoms with Crippen molar-refractivity contribution in [3.63, 3.8) is 0 Å². The smallest absolute Gasteiger partial charge is 0.179 e. The van der Waals surface area contributed by atoms with Crippen LogP contribution in [0.1, 0.15) is 43.5 Å². The normalized spacial score (nSPS) is 18.4. The van der Waals surface area contributed by atoms with E-state index in [2.05, 4.69) is 18.7 Å². The number of benzene rings is 1. The molecule has 0 atom stereocenters. The Morgan fingerprint density at radius 2 is 2.00 bits per heavy atom. The SMILES string of the molecule is CCC1(CC)CCN(CC(=O)c2cc(F)ccc2F)C1. The van der Waals surface area contributed by atoms with Crippen LogP contribution >= 0.6 is 0 Å². The van der Waals surface area contributed by atoms with Gasteiger partial charge >= 0.3 is 0 Å². The van der Waals surface area contributed by atoms with Crippen LogP contribution in [0.25, 0.3) is 0 Å². The maximum atomic E-state index is 13.6. The van der Waals surface area contributed by atoms with Gasteiger partial charge < -0.3 is 0 Å². The van der Waals surface area contributed by atoms with Gasteiger partial charge in [0.05, 0.1) is 12.1 Å². The standard InChI is InChI=1S/C16H21F2NO/c1-3-16(4-2)7-8-19(11-16)10-15(20)13-9-12(17)5-6-14(13)18/h5-6,9H,3-4,7-8,10-11H2,1-2H3. The largest absolute Gasteiger partial charge is 0.295 e. The number of carbonyl (C=O) groups excluding carboxylic acids is 1. The third kappa shape index (κ3) is 3.06. The summed E-state index contributed by atoms with van der Waals surface area (Å²) in [5.74, 6) is -1.56. The summed E-state index contributed by atoms with van der Waals surface area (Å²) in [4.78, 5) is 14.2. The minimum absolute atomic E-state index is 0.143. The Labute approximate surface area is 118 Å². The summed E-state index contributed by atoms with van der Waals surface area (Å²) < 4.78 is 26.7. The van der Waals surface area contributed by atoms with Crippen LogP contribution in [-0.4, -0.2) is 30.3 Å². The predicted octanol–water partition coefficient (Wildman–Crippen LogP) is 3.66. The summed E-state index contributed by atoms with van der Waals surface area (Å²) in [6, 6.07) is 3.02. The number of hydrogen-bond donors (Lipinski definition) is 0. The molecule has 0 bridgehead atoms. The van der Waals surface area contributed by atoms with Crippen molar-refractivity contribution in [1.82, 2.24) is 4.90 Å². The lowest BCUT2D eigenvalue weighted by molar-refractivity contribution is 0.0932. The molecule has 1 aromatic rings. The first-order valence-electron chi connectivity index (χ1n) is 7.20. The van der Waals surface area contributed by atoms with Crippen LogP contribution in [0.5, 0.6) is 0 Å². The Kier molecular flexibility index (Phi) is 4.53. The highest BCUT2D eigenvalue weighted by Gasteiger charge is 2.35. The molecular formula is C16H21F2NO. The van der Waals surface area contributed by atoms with Gasteiger partial charge in [-0.25, -0.2) is 8.78 Å². The fraction of sp³-hybridized carbons (Fsp3) is 0.562. The molecule has 1 saturated heterocycles. The molecular weight excluding hydrogens is 260 g/mol. The first-order valence-corrected chi connectivity index (χ1v) is 7.20. The van der Waals surface area contributed by atoms with Crippen molar-refractivity contribution < 1.29 is 13.6 Å². The molecule has 2 nitrogen and oxygen atoms in total. The topological polar surface area (TPSA) is 20.3 Å². The number of carbonyl (C=O) groups is 1. The number of rotatable bonds is 5. The average molecular weight is 281 g/mol. The highest BCUT2D eigenvalue weighted by Crippen LogP contribution is 2.36. The van der Waals surface area contributed by atoms with E-state index in [1.165, 1.54) is 0 Å². The molecule has 1 aliphatic heterocycles. The summed E-state index contributed by atoms with van der Waals surface area (Å²) >= 11 is 0. The lowest BCUT2D eigenvalue weighted by atomic mass is 9.82. The summed E-state index contributed by atoms with van der Waals surface area (Å²) in [5, 5.41) is 0. The van der Waals surface area contributed by atoms with E-state index in [4.69, 9.17) is 0 Å². The van der Waals surface area contributed by atoms with Crippen LogP contribution in [0.2, 0.25) is 0 Å². The monoisotopic (exact) mass is 281 g/mol. The molecule has 0 amide bonds. The molecule has 0 aromatic heterocycles. The summed E-state index contributed by atoms with van der Waals surface area (Å²) in [6.45, 7) is 6.22. The zero-order valence-electron chi connectivity index (χ0n) is 12.1. The van der Waals surface area contributed by atoms with Gasteiger partial charge in [0.15, 0.2) is 5.78 Å². The van der Waals surface area contributed by atoms with Crippen LogP contribution in [0, 0.1) is 17.0 Å². The molecule has 0 saturated carbocycles. The third-order valence-corrected chi connectivity index (χ3v) is 4.61. The zero-order chi connectivity index (χ0) is 14.8. The molecule has 4 heteroatoms. The lowest BCUT2D eigenvalue weighted by Gasteiger charge is -2.26. The Balaban J connectivity index is 2.04. The maximum Gasteiger partial charge on any atom is 0.179 e. The molecule has 20 heavy (non-hydrogen) atoms. The van der Waals surface area contributed by atoms with Gasteiger partial charge in [-0.15, -0.1) is 0 Å². The number of ketones is 1. The van der Waals surface area contributed by atoms with Crippen LogP contribution in [-0.2, 0) is 0 Å². The number of hydrogen-bond acceptors (Lipinski definition) is 2. The van der Waals surface area contributed by atoms with Crippen LogP contribution < -0.4 is 0 Å². The minimum Gasteiger partial charge on any atom is -0.295 e. The first-order chi connectivity index (χ1) is 9.49. The van der Waals surface area contributed by atoms with Crippen molar-refractivity contribution in [1.29, 1.82) is 0 Å². The van der Waals surface area contributed by atoms with Crippen molar-refractivity contribution in [3.8, 4) is 0 Å². The summed E-state index contributed by atoms with van der Waals surface area (Å²) in [5.41, 5.74) is 0.135. The zero-order valence-corrected chi connectivity index (χ0v) is 12.1. The van der Waals surface area contributed by atoms with Gasteiger partial charge in [-0.3, -0.25) is 9.69 Å². The Morgan fingerprint density at radius 3 is 2.60 bits per heavy atom. The Bertz CT molecular complexity index is 497. The lowest BCUT2D eigenvalue weighted by Crippen LogP contribution is -2.31. The second-order valence-corrected chi connectivity index (χ2v) is 5.72. The van der Waals surface area contributed by atoms with E-state index in [-0.39, 0.29) is 23.3 Å². The van der Waals surface area contributed by atoms with E-state index in [9.17, 15) is 13.6 Å². The molecule has 0 N–H and O–H groups in total. The van der Waals surface area contributed by atoms with E-state index in [1.807, 2.05) is 0 Å². The quantitative estimate of drug-likeness (QED) is 0.768. The van der Waals surface area contributed by atoms with Crippen molar-refractivity contribution in [2.45, 2.75) is 33.1 Å². The van der Waals surface area contributed by atoms with Crippen LogP contribution in [0.3, 0.4) is 0 Å². The van der Waals surface area contributed by atoms with Crippen molar-refractivity contribution in [3.05, 3.63) is 35.4 Å². The fourth-order valence-corrected chi connectivity index (χ4v) is 2.99. The average Bonchev–Trinajstić information content (AvgIpc) is 2.85. The molecule has 1 heterocycles. The number of Topliss-reactive ketones (excluding diaryl/α,β-unsaturated/α-hetero) is 1. The highest BCUT2D eigenvalue weighted by atomic mass is 19.1. The third-order valence-electron chi connectivity index (χ3n) is 4.61. The van der Waals surface area contributed by atoms with Gasteiger partial charge in [-0.2, -0.15) is 0 Å². The second-order valence-electron chi connectivity index (χ2n) is 5.72. The van der Waals surface area contributed by atoms with Gasteiger partial charge in [0.2, 0.25) is 0 Å². The number of nitrogens with zero attached hydrogens (tertiary/aromatic N) is 1. The molecule has 110 valence electrons. The van der Waals surface area contributed by atoms with Gasteiger partial charge in [0.1, 0.15) is 11.6 Å². The van der Waals surface area contributed by atoms with Crippen LogP contribution in [0.4, 0.5) is 8.78 Å². The molecule has 0 aliphatic carbocycles. The first kappa shape index (κ1) is 15.1. The number of likely N-dealkylation sites (tertiary alicyclic amines) is 1. The molecule has 0 unspecified atom stereocenters. The molecule has 0 spiro atoms. The van der Waals surface area contributed by atoms with E-state index in [0.717, 1.165) is 50.6 Å². The van der Waals surface area contributed by atoms with Gasteiger partial charge in [-0.1, -0.05) is 13.8 Å². The summed E-state index contributed by atoms with van der Waals surface area (Å²) in [6.07, 6.45) is 3.24. The molecule has 1 aliphatic rings. The molecule has 0 radical (unpaired) electrons. The van der Waals surface area contributed by atoms with E-state index in [0.29, 0.717) is 0 Å². The van der Waals surface area contributed by atoms with E-state index in [1.54, 1.807) is 0 Å². The van der Waals surface area contributed by atoms with Crippen molar-refractivity contribution in [2.75, 3.05) is 19.6 Å². The molecule has 2 rings (SSSR count).